The first kappa shape index (κ1) is 15.5. The van der Waals surface area contributed by atoms with Crippen molar-refractivity contribution in [3.05, 3.63) is 11.3 Å². The van der Waals surface area contributed by atoms with Crippen molar-refractivity contribution in [1.82, 2.24) is 5.32 Å². The van der Waals surface area contributed by atoms with Gasteiger partial charge in [-0.3, -0.25) is 5.32 Å². The third-order valence-corrected chi connectivity index (χ3v) is 2.47. The van der Waals surface area contributed by atoms with Crippen LogP contribution in [0.25, 0.3) is 0 Å². The van der Waals surface area contributed by atoms with Gasteiger partial charge in [0.25, 0.3) is 0 Å². The van der Waals surface area contributed by atoms with Crippen molar-refractivity contribution in [2.75, 3.05) is 20.3 Å². The Morgan fingerprint density at radius 2 is 1.79 bits per heavy atom. The zero-order valence-corrected chi connectivity index (χ0v) is 11.9. The Balaban J connectivity index is 2.81. The van der Waals surface area contributed by atoms with Gasteiger partial charge >= 0.3 is 12.1 Å². The monoisotopic (exact) mass is 271 g/mol. The number of hydrogen-bond donors (Lipinski definition) is 1. The fourth-order valence-electron chi connectivity index (χ4n) is 1.66. The van der Waals surface area contributed by atoms with Crippen LogP contribution >= 0.6 is 0 Å². The molecule has 1 fully saturated rings. The molecule has 0 aromatic heterocycles. The lowest BCUT2D eigenvalue weighted by Crippen LogP contribution is -2.35. The van der Waals surface area contributed by atoms with Gasteiger partial charge in [-0.1, -0.05) is 0 Å². The molecule has 0 atom stereocenters. The van der Waals surface area contributed by atoms with Crippen molar-refractivity contribution in [3.63, 3.8) is 0 Å². The Hall–Kier alpha value is -1.56. The second-order valence-corrected chi connectivity index (χ2v) is 5.21. The Labute approximate surface area is 113 Å². The molecule has 6 heteroatoms. The van der Waals surface area contributed by atoms with Crippen LogP contribution in [-0.4, -0.2) is 38.0 Å². The van der Waals surface area contributed by atoms with Crippen LogP contribution in [0.15, 0.2) is 11.3 Å². The second kappa shape index (κ2) is 6.56. The number of carbonyl (C=O) groups is 2. The van der Waals surface area contributed by atoms with E-state index < -0.39 is 17.7 Å². The SMILES string of the molecule is COC(=O)C(NC(=O)OC(C)(C)C)=C1CCOCC1. The number of alkyl carbamates (subject to hydrolysis) is 1. The minimum atomic E-state index is -0.660. The first-order valence-electron chi connectivity index (χ1n) is 6.21. The molecule has 1 rings (SSSR count). The summed E-state index contributed by atoms with van der Waals surface area (Å²) in [6.07, 6.45) is 0.535. The van der Waals surface area contributed by atoms with E-state index in [2.05, 4.69) is 10.1 Å². The van der Waals surface area contributed by atoms with E-state index in [0.29, 0.717) is 26.1 Å². The minimum absolute atomic E-state index is 0.167. The van der Waals surface area contributed by atoms with Crippen LogP contribution in [0.4, 0.5) is 4.79 Å². The van der Waals surface area contributed by atoms with Gasteiger partial charge in [0.2, 0.25) is 0 Å². The quantitative estimate of drug-likeness (QED) is 0.612. The van der Waals surface area contributed by atoms with Crippen molar-refractivity contribution >= 4 is 12.1 Å². The van der Waals surface area contributed by atoms with E-state index in [-0.39, 0.29) is 5.70 Å². The third-order valence-electron chi connectivity index (χ3n) is 2.47. The highest BCUT2D eigenvalue weighted by atomic mass is 16.6. The molecule has 0 aromatic carbocycles. The average Bonchev–Trinajstić information content (AvgIpc) is 2.34. The van der Waals surface area contributed by atoms with Gasteiger partial charge < -0.3 is 14.2 Å². The van der Waals surface area contributed by atoms with Crippen molar-refractivity contribution in [3.8, 4) is 0 Å². The van der Waals surface area contributed by atoms with Crippen LogP contribution in [0.3, 0.4) is 0 Å². The maximum absolute atomic E-state index is 11.7. The number of carbonyl (C=O) groups excluding carboxylic acids is 2. The molecule has 6 nitrogen and oxygen atoms in total. The molecule has 1 heterocycles. The van der Waals surface area contributed by atoms with Crippen LogP contribution in [0.1, 0.15) is 33.6 Å². The lowest BCUT2D eigenvalue weighted by molar-refractivity contribution is -0.136. The summed E-state index contributed by atoms with van der Waals surface area (Å²) in [7, 11) is 1.28. The maximum Gasteiger partial charge on any atom is 0.412 e. The lowest BCUT2D eigenvalue weighted by Gasteiger charge is -2.22. The predicted octanol–water partition coefficient (Wildman–Crippen LogP) is 1.75. The van der Waals surface area contributed by atoms with E-state index in [9.17, 15) is 9.59 Å². The topological polar surface area (TPSA) is 73.9 Å². The predicted molar refractivity (Wildman–Crippen MR) is 68.5 cm³/mol. The summed E-state index contributed by atoms with van der Waals surface area (Å²) in [6, 6.07) is 0. The molecule has 1 amide bonds. The fourth-order valence-corrected chi connectivity index (χ4v) is 1.66. The molecule has 0 aromatic rings. The van der Waals surface area contributed by atoms with Gasteiger partial charge in [-0.25, -0.2) is 9.59 Å². The van der Waals surface area contributed by atoms with E-state index in [1.807, 2.05) is 0 Å². The average molecular weight is 271 g/mol. The van der Waals surface area contributed by atoms with Crippen LogP contribution in [0.2, 0.25) is 0 Å². The van der Waals surface area contributed by atoms with E-state index in [0.717, 1.165) is 5.57 Å². The second-order valence-electron chi connectivity index (χ2n) is 5.21. The molecule has 0 aliphatic carbocycles. The van der Waals surface area contributed by atoms with Crippen LogP contribution < -0.4 is 5.32 Å². The summed E-state index contributed by atoms with van der Waals surface area (Å²) in [6.45, 7) is 6.33. The molecular formula is C13H21NO5. The number of hydrogen-bond acceptors (Lipinski definition) is 5. The summed E-state index contributed by atoms with van der Waals surface area (Å²) in [4.78, 5) is 23.4. The van der Waals surface area contributed by atoms with Crippen molar-refractivity contribution in [2.24, 2.45) is 0 Å². The summed E-state index contributed by atoms with van der Waals surface area (Å²) < 4.78 is 15.0. The first-order valence-corrected chi connectivity index (χ1v) is 6.21. The molecule has 0 saturated carbocycles. The van der Waals surface area contributed by atoms with Crippen molar-refractivity contribution in [1.29, 1.82) is 0 Å². The van der Waals surface area contributed by atoms with Gasteiger partial charge in [0.1, 0.15) is 11.3 Å². The minimum Gasteiger partial charge on any atom is -0.464 e. The largest absolute Gasteiger partial charge is 0.464 e. The molecular weight excluding hydrogens is 250 g/mol. The summed E-state index contributed by atoms with van der Waals surface area (Å²) in [5, 5.41) is 2.48. The zero-order chi connectivity index (χ0) is 14.5. The molecule has 0 radical (unpaired) electrons. The number of ether oxygens (including phenoxy) is 3. The number of rotatable bonds is 2. The number of amides is 1. The molecule has 0 bridgehead atoms. The molecule has 19 heavy (non-hydrogen) atoms. The third kappa shape index (κ3) is 5.30. The van der Waals surface area contributed by atoms with Gasteiger partial charge in [0, 0.05) is 0 Å². The van der Waals surface area contributed by atoms with Crippen molar-refractivity contribution in [2.45, 2.75) is 39.2 Å². The summed E-state index contributed by atoms with van der Waals surface area (Å²) in [5.41, 5.74) is 0.370. The molecule has 1 N–H and O–H groups in total. The molecule has 1 saturated heterocycles. The van der Waals surface area contributed by atoms with Gasteiger partial charge in [0.15, 0.2) is 0 Å². The van der Waals surface area contributed by atoms with Crippen LogP contribution in [-0.2, 0) is 19.0 Å². The van der Waals surface area contributed by atoms with E-state index in [1.165, 1.54) is 7.11 Å². The highest BCUT2D eigenvalue weighted by Crippen LogP contribution is 2.18. The summed E-state index contributed by atoms with van der Waals surface area (Å²) >= 11 is 0. The Morgan fingerprint density at radius 1 is 1.21 bits per heavy atom. The number of esters is 1. The number of nitrogens with one attached hydrogen (secondary N) is 1. The van der Waals surface area contributed by atoms with Crippen LogP contribution in [0, 0.1) is 0 Å². The lowest BCUT2D eigenvalue weighted by atomic mass is 10.1. The van der Waals surface area contributed by atoms with Crippen LogP contribution in [0.5, 0.6) is 0 Å². The van der Waals surface area contributed by atoms with Crippen molar-refractivity contribution < 1.29 is 23.8 Å². The fraction of sp³-hybridized carbons (Fsp3) is 0.692. The molecule has 1 aliphatic rings. The highest BCUT2D eigenvalue weighted by Gasteiger charge is 2.23. The first-order chi connectivity index (χ1) is 8.83. The number of methoxy groups -OCH3 is 1. The molecule has 108 valence electrons. The molecule has 0 spiro atoms. The van der Waals surface area contributed by atoms with Gasteiger partial charge in [0.05, 0.1) is 20.3 Å². The maximum atomic E-state index is 11.7. The van der Waals surface area contributed by atoms with Gasteiger partial charge in [-0.2, -0.15) is 0 Å². The summed E-state index contributed by atoms with van der Waals surface area (Å²) in [5.74, 6) is -0.567. The Kier molecular flexibility index (Phi) is 5.35. The van der Waals surface area contributed by atoms with Gasteiger partial charge in [-0.05, 0) is 39.2 Å². The van der Waals surface area contributed by atoms with E-state index in [4.69, 9.17) is 9.47 Å². The normalized spacial score (nSPS) is 15.7. The Morgan fingerprint density at radius 3 is 2.26 bits per heavy atom. The van der Waals surface area contributed by atoms with E-state index in [1.54, 1.807) is 20.8 Å². The zero-order valence-electron chi connectivity index (χ0n) is 11.9. The Bertz CT molecular complexity index is 373. The van der Waals surface area contributed by atoms with E-state index >= 15 is 0 Å². The smallest absolute Gasteiger partial charge is 0.412 e. The van der Waals surface area contributed by atoms with Gasteiger partial charge in [-0.15, -0.1) is 0 Å². The molecule has 1 aliphatic heterocycles. The molecule has 0 unspecified atom stereocenters. The highest BCUT2D eigenvalue weighted by molar-refractivity contribution is 5.93. The standard InChI is InChI=1S/C13H21NO5/c1-13(2,3)19-12(16)14-10(11(15)17-4)9-5-7-18-8-6-9/h5-8H2,1-4H3,(H,14,16).